The Kier molecular flexibility index (Phi) is 3.79. The van der Waals surface area contributed by atoms with Crippen molar-refractivity contribution in [2.45, 2.75) is 13.0 Å². The molecule has 0 aromatic carbocycles. The van der Waals surface area contributed by atoms with Crippen LogP contribution in [-0.2, 0) is 0 Å². The topological polar surface area (TPSA) is 99.2 Å². The molecule has 2 N–H and O–H groups in total. The third-order valence-electron chi connectivity index (χ3n) is 3.15. The number of imidazole rings is 1. The smallest absolute Gasteiger partial charge is 0.354 e. The average molecular weight is 274 g/mol. The summed E-state index contributed by atoms with van der Waals surface area (Å²) in [6, 6.07) is 3.39. The minimum absolute atomic E-state index is 0.0964. The molecule has 0 aliphatic carbocycles. The normalized spacial score (nSPS) is 11.9. The lowest BCUT2D eigenvalue weighted by molar-refractivity contribution is 0.0665. The Bertz CT molecular complexity index is 624. The van der Waals surface area contributed by atoms with Gasteiger partial charge in [0.25, 0.3) is 5.91 Å². The Morgan fingerprint density at radius 3 is 2.60 bits per heavy atom. The number of amides is 1. The monoisotopic (exact) mass is 274 g/mol. The van der Waals surface area contributed by atoms with Crippen LogP contribution in [0.3, 0.4) is 0 Å². The molecule has 0 aliphatic rings. The predicted molar refractivity (Wildman–Crippen MR) is 70.3 cm³/mol. The zero-order valence-corrected chi connectivity index (χ0v) is 11.1. The van der Waals surface area contributed by atoms with E-state index in [-0.39, 0.29) is 17.4 Å². The number of nitrogens with one attached hydrogen (secondary N) is 1. The van der Waals surface area contributed by atoms with Crippen LogP contribution in [0.15, 0.2) is 30.9 Å². The number of hydrogen-bond donors (Lipinski definition) is 2. The van der Waals surface area contributed by atoms with E-state index in [4.69, 9.17) is 5.11 Å². The van der Waals surface area contributed by atoms with Crippen LogP contribution in [0.2, 0.25) is 0 Å². The summed E-state index contributed by atoms with van der Waals surface area (Å²) >= 11 is 0. The maximum absolute atomic E-state index is 12.3. The second-order valence-corrected chi connectivity index (χ2v) is 4.30. The van der Waals surface area contributed by atoms with Crippen LogP contribution in [0.5, 0.6) is 0 Å². The van der Waals surface area contributed by atoms with E-state index in [1.54, 1.807) is 31.6 Å². The molecule has 2 rings (SSSR count). The van der Waals surface area contributed by atoms with E-state index < -0.39 is 11.9 Å². The fraction of sp³-hybridized carbons (Fsp3) is 0.231. The van der Waals surface area contributed by atoms with Gasteiger partial charge >= 0.3 is 5.97 Å². The summed E-state index contributed by atoms with van der Waals surface area (Å²) in [7, 11) is 1.60. The number of pyridine rings is 1. The van der Waals surface area contributed by atoms with Crippen molar-refractivity contribution in [1.29, 1.82) is 0 Å². The van der Waals surface area contributed by atoms with Crippen molar-refractivity contribution in [3.63, 3.8) is 0 Å². The van der Waals surface area contributed by atoms with Gasteiger partial charge in [0.2, 0.25) is 0 Å². The zero-order valence-electron chi connectivity index (χ0n) is 11.1. The largest absolute Gasteiger partial charge is 0.477 e. The minimum Gasteiger partial charge on any atom is -0.477 e. The van der Waals surface area contributed by atoms with Crippen LogP contribution in [0.25, 0.3) is 0 Å². The number of aromatic amines is 1. The fourth-order valence-corrected chi connectivity index (χ4v) is 1.83. The van der Waals surface area contributed by atoms with Crippen molar-refractivity contribution in [3.8, 4) is 0 Å². The standard InChI is InChI=1S/C13H14N4O3/c1-8(9-3-5-14-6-4-9)17(2)12(18)10-11(13(19)20)16-7-15-10/h3-8H,1-2H3,(H,15,16)(H,19,20). The first-order valence-electron chi connectivity index (χ1n) is 5.96. The van der Waals surface area contributed by atoms with E-state index in [0.717, 1.165) is 5.56 Å². The number of aromatic carboxylic acids is 1. The van der Waals surface area contributed by atoms with Crippen LogP contribution < -0.4 is 0 Å². The number of hydrogen-bond acceptors (Lipinski definition) is 4. The lowest BCUT2D eigenvalue weighted by Gasteiger charge is -2.24. The maximum Gasteiger partial charge on any atom is 0.354 e. The van der Waals surface area contributed by atoms with Gasteiger partial charge in [0.05, 0.1) is 12.4 Å². The second kappa shape index (κ2) is 5.52. The van der Waals surface area contributed by atoms with Crippen molar-refractivity contribution >= 4 is 11.9 Å². The molecule has 2 aromatic heterocycles. The highest BCUT2D eigenvalue weighted by Crippen LogP contribution is 2.20. The van der Waals surface area contributed by atoms with Gasteiger partial charge in [-0.3, -0.25) is 9.78 Å². The first kappa shape index (κ1) is 13.7. The van der Waals surface area contributed by atoms with Crippen molar-refractivity contribution in [3.05, 3.63) is 47.8 Å². The Morgan fingerprint density at radius 2 is 2.00 bits per heavy atom. The second-order valence-electron chi connectivity index (χ2n) is 4.30. The van der Waals surface area contributed by atoms with Crippen LogP contribution in [0.4, 0.5) is 0 Å². The first-order valence-corrected chi connectivity index (χ1v) is 5.96. The number of nitrogens with zero attached hydrogens (tertiary/aromatic N) is 3. The highest BCUT2D eigenvalue weighted by molar-refractivity contribution is 6.02. The van der Waals surface area contributed by atoms with Crippen molar-refractivity contribution < 1.29 is 14.7 Å². The van der Waals surface area contributed by atoms with Gasteiger partial charge in [-0.1, -0.05) is 0 Å². The molecule has 2 heterocycles. The summed E-state index contributed by atoms with van der Waals surface area (Å²) in [6.45, 7) is 1.85. The summed E-state index contributed by atoms with van der Waals surface area (Å²) in [6.07, 6.45) is 4.48. The van der Waals surface area contributed by atoms with Gasteiger partial charge in [0.15, 0.2) is 11.4 Å². The third-order valence-corrected chi connectivity index (χ3v) is 3.15. The van der Waals surface area contributed by atoms with Crippen molar-refractivity contribution in [2.24, 2.45) is 0 Å². The number of carbonyl (C=O) groups excluding carboxylic acids is 1. The van der Waals surface area contributed by atoms with Gasteiger partial charge in [0.1, 0.15) is 0 Å². The van der Waals surface area contributed by atoms with E-state index in [2.05, 4.69) is 15.0 Å². The van der Waals surface area contributed by atoms with E-state index in [1.807, 2.05) is 6.92 Å². The van der Waals surface area contributed by atoms with E-state index >= 15 is 0 Å². The van der Waals surface area contributed by atoms with Gasteiger partial charge in [-0.15, -0.1) is 0 Å². The summed E-state index contributed by atoms with van der Waals surface area (Å²) in [5, 5.41) is 8.99. The van der Waals surface area contributed by atoms with Crippen LogP contribution in [0.1, 0.15) is 39.5 Å². The quantitative estimate of drug-likeness (QED) is 0.876. The van der Waals surface area contributed by atoms with Gasteiger partial charge in [-0.05, 0) is 24.6 Å². The fourth-order valence-electron chi connectivity index (χ4n) is 1.83. The molecule has 7 heteroatoms. The van der Waals surface area contributed by atoms with Crippen molar-refractivity contribution in [2.75, 3.05) is 7.05 Å². The molecule has 104 valence electrons. The molecule has 0 aliphatic heterocycles. The molecular weight excluding hydrogens is 260 g/mol. The number of H-pyrrole nitrogens is 1. The molecule has 0 spiro atoms. The van der Waals surface area contributed by atoms with E-state index in [1.165, 1.54) is 11.2 Å². The van der Waals surface area contributed by atoms with Gasteiger partial charge in [-0.2, -0.15) is 0 Å². The number of rotatable bonds is 4. The molecule has 20 heavy (non-hydrogen) atoms. The minimum atomic E-state index is -1.21. The lowest BCUT2D eigenvalue weighted by atomic mass is 10.1. The Hall–Kier alpha value is -2.70. The van der Waals surface area contributed by atoms with Crippen molar-refractivity contribution in [1.82, 2.24) is 19.9 Å². The Labute approximate surface area is 115 Å². The van der Waals surface area contributed by atoms with Gasteiger partial charge in [0, 0.05) is 19.4 Å². The number of carbonyl (C=O) groups is 2. The Balaban J connectivity index is 2.25. The summed E-state index contributed by atoms with van der Waals surface area (Å²) in [5.74, 6) is -1.66. The predicted octanol–water partition coefficient (Wildman–Crippen LogP) is 1.34. The van der Waals surface area contributed by atoms with Crippen LogP contribution >= 0.6 is 0 Å². The van der Waals surface area contributed by atoms with Gasteiger partial charge in [-0.25, -0.2) is 9.78 Å². The summed E-state index contributed by atoms with van der Waals surface area (Å²) in [4.78, 5) is 34.9. The highest BCUT2D eigenvalue weighted by atomic mass is 16.4. The molecule has 1 unspecified atom stereocenters. The maximum atomic E-state index is 12.3. The average Bonchev–Trinajstić information content (AvgIpc) is 2.95. The highest BCUT2D eigenvalue weighted by Gasteiger charge is 2.25. The Morgan fingerprint density at radius 1 is 1.35 bits per heavy atom. The molecular formula is C13H14N4O3. The van der Waals surface area contributed by atoms with Crippen LogP contribution in [0, 0.1) is 0 Å². The molecule has 2 aromatic rings. The summed E-state index contributed by atoms with van der Waals surface area (Å²) < 4.78 is 0. The zero-order chi connectivity index (χ0) is 14.7. The first-order chi connectivity index (χ1) is 9.52. The molecule has 0 radical (unpaired) electrons. The van der Waals surface area contributed by atoms with E-state index in [9.17, 15) is 9.59 Å². The third kappa shape index (κ3) is 2.51. The summed E-state index contributed by atoms with van der Waals surface area (Å²) in [5.41, 5.74) is 0.605. The molecule has 1 amide bonds. The molecule has 0 bridgehead atoms. The van der Waals surface area contributed by atoms with Crippen LogP contribution in [-0.4, -0.2) is 43.9 Å². The number of aromatic nitrogens is 3. The molecule has 0 fully saturated rings. The molecule has 7 nitrogen and oxygen atoms in total. The molecule has 0 saturated heterocycles. The van der Waals surface area contributed by atoms with E-state index in [0.29, 0.717) is 0 Å². The number of carboxylic acids is 1. The van der Waals surface area contributed by atoms with Gasteiger partial charge < -0.3 is 15.0 Å². The lowest BCUT2D eigenvalue weighted by Crippen LogP contribution is -2.31. The number of carboxylic acid groups (broad SMARTS) is 1. The molecule has 1 atom stereocenters. The molecule has 0 saturated carbocycles. The SMILES string of the molecule is CC(c1ccncc1)N(C)C(=O)c1nc[nH]c1C(=O)O.